The summed E-state index contributed by atoms with van der Waals surface area (Å²) in [6.45, 7) is 7.09. The van der Waals surface area contributed by atoms with Crippen LogP contribution in [0, 0.1) is 6.92 Å². The van der Waals surface area contributed by atoms with Crippen LogP contribution in [0.15, 0.2) is 9.52 Å². The summed E-state index contributed by atoms with van der Waals surface area (Å²) in [5.74, 6) is 2.25. The zero-order chi connectivity index (χ0) is 15.5. The topological polar surface area (TPSA) is 75.3 Å². The maximum atomic E-state index is 5.08. The highest BCUT2D eigenvalue weighted by molar-refractivity contribution is 5.79. The Balaban J connectivity index is 2.16. The number of aromatic nitrogens is 2. The number of nitrogens with zero attached hydrogens (tertiary/aromatic N) is 3. The summed E-state index contributed by atoms with van der Waals surface area (Å²) in [7, 11) is 1.80. The van der Waals surface area contributed by atoms with E-state index >= 15 is 0 Å². The zero-order valence-corrected chi connectivity index (χ0v) is 13.8. The van der Waals surface area contributed by atoms with Gasteiger partial charge in [0.05, 0.1) is 0 Å². The van der Waals surface area contributed by atoms with Gasteiger partial charge in [-0.1, -0.05) is 31.3 Å². The Morgan fingerprint density at radius 1 is 1.33 bits per heavy atom. The fraction of sp³-hybridized carbons (Fsp3) is 0.800. The molecule has 0 amide bonds. The Labute approximate surface area is 127 Å². The lowest BCUT2D eigenvalue weighted by Crippen LogP contribution is -2.42. The second-order valence-corrected chi connectivity index (χ2v) is 5.38. The van der Waals surface area contributed by atoms with Gasteiger partial charge in [-0.05, 0) is 26.7 Å². The van der Waals surface area contributed by atoms with Crippen LogP contribution in [0.2, 0.25) is 0 Å². The van der Waals surface area contributed by atoms with Crippen LogP contribution in [0.3, 0.4) is 0 Å². The molecule has 1 rings (SSSR count). The van der Waals surface area contributed by atoms with Gasteiger partial charge in [-0.2, -0.15) is 4.98 Å². The lowest BCUT2D eigenvalue weighted by molar-refractivity contribution is 0.372. The molecular weight excluding hydrogens is 266 g/mol. The van der Waals surface area contributed by atoms with Crippen molar-refractivity contribution < 1.29 is 4.52 Å². The van der Waals surface area contributed by atoms with Crippen LogP contribution in [0.25, 0.3) is 0 Å². The van der Waals surface area contributed by atoms with Crippen molar-refractivity contribution in [3.63, 3.8) is 0 Å². The summed E-state index contributed by atoms with van der Waals surface area (Å²) < 4.78 is 5.08. The molecule has 0 saturated heterocycles. The Morgan fingerprint density at radius 3 is 2.76 bits per heavy atom. The number of unbranched alkanes of at least 4 members (excludes halogenated alkanes) is 2. The lowest BCUT2D eigenvalue weighted by Gasteiger charge is -2.17. The van der Waals surface area contributed by atoms with Gasteiger partial charge in [0.25, 0.3) is 0 Å². The molecule has 1 aromatic rings. The van der Waals surface area contributed by atoms with E-state index in [0.29, 0.717) is 17.8 Å². The van der Waals surface area contributed by atoms with Crippen molar-refractivity contribution in [1.29, 1.82) is 0 Å². The van der Waals surface area contributed by atoms with Gasteiger partial charge >= 0.3 is 0 Å². The van der Waals surface area contributed by atoms with Crippen molar-refractivity contribution in [2.45, 2.75) is 65.3 Å². The Morgan fingerprint density at radius 2 is 2.14 bits per heavy atom. The number of hydrogen-bond acceptors (Lipinski definition) is 4. The normalized spacial score (nSPS) is 13.2. The minimum Gasteiger partial charge on any atom is -0.356 e. The summed E-state index contributed by atoms with van der Waals surface area (Å²) >= 11 is 0. The van der Waals surface area contributed by atoms with Gasteiger partial charge in [-0.15, -0.1) is 0 Å². The molecule has 1 aromatic heterocycles. The lowest BCUT2D eigenvalue weighted by atomic mass is 10.1. The zero-order valence-electron chi connectivity index (χ0n) is 13.8. The monoisotopic (exact) mass is 295 g/mol. The predicted octanol–water partition coefficient (Wildman–Crippen LogP) is 2.44. The Bertz CT molecular complexity index is 416. The maximum absolute atomic E-state index is 5.08. The van der Waals surface area contributed by atoms with Crippen molar-refractivity contribution in [3.05, 3.63) is 11.7 Å². The molecule has 0 fully saturated rings. The highest BCUT2D eigenvalue weighted by Crippen LogP contribution is 2.02. The smallest absolute Gasteiger partial charge is 0.226 e. The van der Waals surface area contributed by atoms with Gasteiger partial charge in [0.2, 0.25) is 5.89 Å². The molecule has 0 aromatic carbocycles. The molecule has 120 valence electrons. The average Bonchev–Trinajstić information content (AvgIpc) is 2.88. The number of hydrogen-bond donors (Lipinski definition) is 2. The van der Waals surface area contributed by atoms with E-state index in [2.05, 4.69) is 39.6 Å². The third kappa shape index (κ3) is 7.68. The van der Waals surface area contributed by atoms with E-state index in [1.54, 1.807) is 7.05 Å². The van der Waals surface area contributed by atoms with E-state index < -0.39 is 0 Å². The maximum Gasteiger partial charge on any atom is 0.226 e. The van der Waals surface area contributed by atoms with Gasteiger partial charge in [0, 0.05) is 26.1 Å². The number of aliphatic imine (C=N–C) groups is 1. The summed E-state index contributed by atoms with van der Waals surface area (Å²) in [4.78, 5) is 8.43. The molecule has 21 heavy (non-hydrogen) atoms. The highest BCUT2D eigenvalue weighted by Gasteiger charge is 2.05. The minimum atomic E-state index is 0.446. The van der Waals surface area contributed by atoms with E-state index in [-0.39, 0.29) is 0 Å². The molecule has 2 N–H and O–H groups in total. The first-order chi connectivity index (χ1) is 10.2. The summed E-state index contributed by atoms with van der Waals surface area (Å²) in [5, 5.41) is 10.5. The molecule has 0 spiro atoms. The molecule has 6 nitrogen and oxygen atoms in total. The minimum absolute atomic E-state index is 0.446. The third-order valence-corrected chi connectivity index (χ3v) is 3.28. The van der Waals surface area contributed by atoms with Crippen LogP contribution in [-0.2, 0) is 6.42 Å². The highest BCUT2D eigenvalue weighted by atomic mass is 16.5. The summed E-state index contributed by atoms with van der Waals surface area (Å²) in [5.41, 5.74) is 0. The fourth-order valence-corrected chi connectivity index (χ4v) is 2.09. The average molecular weight is 295 g/mol. The first kappa shape index (κ1) is 17.5. The quantitative estimate of drug-likeness (QED) is 0.416. The summed E-state index contributed by atoms with van der Waals surface area (Å²) in [6, 6.07) is 0.446. The standard InChI is InChI=1S/C15H29N5O/c1-5-6-7-9-12(2)18-15(16-4)17-11-8-10-14-19-13(3)20-21-14/h12H,5-11H2,1-4H3,(H2,16,17,18). The largest absolute Gasteiger partial charge is 0.356 e. The van der Waals surface area contributed by atoms with Gasteiger partial charge in [0.1, 0.15) is 0 Å². The molecule has 0 bridgehead atoms. The molecule has 0 radical (unpaired) electrons. The van der Waals surface area contributed by atoms with Gasteiger partial charge in [0.15, 0.2) is 11.8 Å². The molecule has 1 heterocycles. The molecule has 0 aliphatic heterocycles. The number of guanidine groups is 1. The van der Waals surface area contributed by atoms with E-state index in [9.17, 15) is 0 Å². The van der Waals surface area contributed by atoms with Crippen LogP contribution in [0.1, 0.15) is 57.7 Å². The number of aryl methyl sites for hydroxylation is 2. The molecule has 0 aliphatic rings. The van der Waals surface area contributed by atoms with Crippen molar-refractivity contribution in [1.82, 2.24) is 20.8 Å². The molecule has 0 aliphatic carbocycles. The van der Waals surface area contributed by atoms with Gasteiger partial charge < -0.3 is 15.2 Å². The molecule has 1 atom stereocenters. The summed E-state index contributed by atoms with van der Waals surface area (Å²) in [6.07, 6.45) is 6.72. The Kier molecular flexibility index (Phi) is 8.47. The number of rotatable bonds is 9. The first-order valence-corrected chi connectivity index (χ1v) is 7.92. The second kappa shape index (κ2) is 10.2. The van der Waals surface area contributed by atoms with Crippen molar-refractivity contribution >= 4 is 5.96 Å². The van der Waals surface area contributed by atoms with Crippen LogP contribution >= 0.6 is 0 Å². The van der Waals surface area contributed by atoms with Crippen LogP contribution in [-0.4, -0.2) is 35.7 Å². The fourth-order valence-electron chi connectivity index (χ4n) is 2.09. The molecule has 0 saturated carbocycles. The first-order valence-electron chi connectivity index (χ1n) is 7.92. The SMILES string of the molecule is CCCCCC(C)NC(=NC)NCCCc1nc(C)no1. The van der Waals surface area contributed by atoms with Gasteiger partial charge in [-0.3, -0.25) is 4.99 Å². The van der Waals surface area contributed by atoms with E-state index in [1.807, 2.05) is 6.92 Å². The second-order valence-electron chi connectivity index (χ2n) is 5.38. The molecule has 6 heteroatoms. The van der Waals surface area contributed by atoms with E-state index in [0.717, 1.165) is 25.3 Å². The van der Waals surface area contributed by atoms with Crippen LogP contribution in [0.5, 0.6) is 0 Å². The van der Waals surface area contributed by atoms with E-state index in [4.69, 9.17) is 4.52 Å². The van der Waals surface area contributed by atoms with Crippen LogP contribution in [0.4, 0.5) is 0 Å². The molecule has 1 unspecified atom stereocenters. The van der Waals surface area contributed by atoms with Crippen molar-refractivity contribution in [3.8, 4) is 0 Å². The third-order valence-electron chi connectivity index (χ3n) is 3.28. The van der Waals surface area contributed by atoms with Crippen molar-refractivity contribution in [2.24, 2.45) is 4.99 Å². The molecular formula is C15H29N5O. The predicted molar refractivity (Wildman–Crippen MR) is 85.5 cm³/mol. The Hall–Kier alpha value is -1.59. The van der Waals surface area contributed by atoms with Crippen LogP contribution < -0.4 is 10.6 Å². The van der Waals surface area contributed by atoms with E-state index in [1.165, 1.54) is 25.7 Å². The van der Waals surface area contributed by atoms with Crippen molar-refractivity contribution in [2.75, 3.05) is 13.6 Å². The van der Waals surface area contributed by atoms with Gasteiger partial charge in [-0.25, -0.2) is 0 Å². The number of nitrogens with one attached hydrogen (secondary N) is 2.